The van der Waals surface area contributed by atoms with E-state index in [4.69, 9.17) is 5.11 Å². The number of benzene rings is 1. The number of ether oxygens (including phenoxy) is 1. The van der Waals surface area contributed by atoms with Crippen molar-refractivity contribution < 1.29 is 19.0 Å². The van der Waals surface area contributed by atoms with Crippen LogP contribution in [0.2, 0.25) is 0 Å². The molecule has 13 heavy (non-hydrogen) atoms. The van der Waals surface area contributed by atoms with Gasteiger partial charge in [0.15, 0.2) is 0 Å². The number of phenolic OH excluding ortho intramolecular Hbond substituents is 1. The lowest BCUT2D eigenvalue weighted by atomic mass is 10.2. The van der Waals surface area contributed by atoms with Crippen LogP contribution in [0.15, 0.2) is 18.2 Å². The van der Waals surface area contributed by atoms with Gasteiger partial charge in [-0.15, -0.1) is 0 Å². The number of carbonyl (C=O) groups excluding carboxylic acids is 1. The molecule has 0 bridgehead atoms. The molecule has 4 heteroatoms. The maximum absolute atomic E-state index is 13.0. The summed E-state index contributed by atoms with van der Waals surface area (Å²) in [5.74, 6) is -2.03. The molecule has 0 aliphatic carbocycles. The summed E-state index contributed by atoms with van der Waals surface area (Å²) in [6, 6.07) is 3.63. The van der Waals surface area contributed by atoms with Gasteiger partial charge in [0, 0.05) is 0 Å². The van der Waals surface area contributed by atoms with E-state index in [1.807, 2.05) is 0 Å². The minimum Gasteiger partial charge on any atom is -0.507 e. The smallest absolute Gasteiger partial charge is 0.344 e. The van der Waals surface area contributed by atoms with Crippen LogP contribution in [0.25, 0.3) is 0 Å². The van der Waals surface area contributed by atoms with E-state index in [1.54, 1.807) is 6.92 Å². The molecule has 0 atom stereocenters. The lowest BCUT2D eigenvalue weighted by Crippen LogP contribution is -2.07. The van der Waals surface area contributed by atoms with E-state index in [0.29, 0.717) is 0 Å². The molecule has 0 amide bonds. The number of aromatic hydroxyl groups is 1. The molecular formula is C9H9FO3. The summed E-state index contributed by atoms with van der Waals surface area (Å²) in [5, 5.41) is 9.15. The Morgan fingerprint density at radius 3 is 2.85 bits per heavy atom. The molecule has 0 unspecified atom stereocenters. The van der Waals surface area contributed by atoms with Crippen molar-refractivity contribution in [1.82, 2.24) is 0 Å². The number of esters is 1. The largest absolute Gasteiger partial charge is 0.507 e. The lowest BCUT2D eigenvalue weighted by Gasteiger charge is -2.04. The van der Waals surface area contributed by atoms with Gasteiger partial charge in [-0.25, -0.2) is 9.18 Å². The number of hydrogen-bond acceptors (Lipinski definition) is 3. The standard InChI is InChI=1S/C9H9FO3/c1-2-13-9(12)8-6(10)4-3-5-7(8)11/h3-5,11H,2H2,1H3. The number of rotatable bonds is 2. The Hall–Kier alpha value is -1.58. The number of carbonyl (C=O) groups is 1. The van der Waals surface area contributed by atoms with E-state index in [1.165, 1.54) is 12.1 Å². The number of halogens is 1. The van der Waals surface area contributed by atoms with Crippen LogP contribution in [-0.2, 0) is 4.74 Å². The van der Waals surface area contributed by atoms with Crippen molar-refractivity contribution in [1.29, 1.82) is 0 Å². The second-order valence-electron chi connectivity index (χ2n) is 2.35. The maximum atomic E-state index is 13.0. The molecule has 0 saturated carbocycles. The highest BCUT2D eigenvalue weighted by Crippen LogP contribution is 2.20. The minimum atomic E-state index is -0.849. The Kier molecular flexibility index (Phi) is 2.84. The van der Waals surface area contributed by atoms with Crippen molar-refractivity contribution in [2.24, 2.45) is 0 Å². The van der Waals surface area contributed by atoms with Crippen molar-refractivity contribution >= 4 is 5.97 Å². The third-order valence-electron chi connectivity index (χ3n) is 1.47. The summed E-state index contributed by atoms with van der Waals surface area (Å²) in [6.07, 6.45) is 0. The molecular weight excluding hydrogens is 175 g/mol. The Morgan fingerprint density at radius 1 is 1.62 bits per heavy atom. The summed E-state index contributed by atoms with van der Waals surface area (Å²) >= 11 is 0. The molecule has 3 nitrogen and oxygen atoms in total. The molecule has 0 aliphatic heterocycles. The zero-order chi connectivity index (χ0) is 9.84. The molecule has 0 aromatic heterocycles. The van der Waals surface area contributed by atoms with E-state index in [-0.39, 0.29) is 6.61 Å². The first kappa shape index (κ1) is 9.51. The van der Waals surface area contributed by atoms with E-state index in [2.05, 4.69) is 4.74 Å². The van der Waals surface area contributed by atoms with Crippen LogP contribution in [-0.4, -0.2) is 17.7 Å². The molecule has 70 valence electrons. The molecule has 1 aromatic rings. The van der Waals surface area contributed by atoms with Gasteiger partial charge in [0.1, 0.15) is 17.1 Å². The second kappa shape index (κ2) is 3.89. The zero-order valence-electron chi connectivity index (χ0n) is 7.08. The third-order valence-corrected chi connectivity index (χ3v) is 1.47. The number of hydrogen-bond donors (Lipinski definition) is 1. The highest BCUT2D eigenvalue weighted by molar-refractivity contribution is 5.92. The first-order valence-electron chi connectivity index (χ1n) is 3.81. The molecule has 1 aromatic carbocycles. The van der Waals surface area contributed by atoms with Crippen molar-refractivity contribution in [2.75, 3.05) is 6.61 Å². The zero-order valence-corrected chi connectivity index (χ0v) is 7.08. The van der Waals surface area contributed by atoms with Crippen LogP contribution < -0.4 is 0 Å². The van der Waals surface area contributed by atoms with Gasteiger partial charge in [0.2, 0.25) is 0 Å². The molecule has 0 fully saturated rings. The van der Waals surface area contributed by atoms with Gasteiger partial charge in [-0.3, -0.25) is 0 Å². The molecule has 0 heterocycles. The Balaban J connectivity index is 3.05. The number of phenols is 1. The summed E-state index contributed by atoms with van der Waals surface area (Å²) in [7, 11) is 0. The quantitative estimate of drug-likeness (QED) is 0.711. The Bertz CT molecular complexity index is 302. The Labute approximate surface area is 74.8 Å². The van der Waals surface area contributed by atoms with E-state index in [9.17, 15) is 9.18 Å². The SMILES string of the molecule is CCOC(=O)c1c(O)cccc1F. The lowest BCUT2D eigenvalue weighted by molar-refractivity contribution is 0.0517. The van der Waals surface area contributed by atoms with Crippen LogP contribution in [0.1, 0.15) is 17.3 Å². The first-order chi connectivity index (χ1) is 6.16. The van der Waals surface area contributed by atoms with Gasteiger partial charge in [-0.2, -0.15) is 0 Å². The summed E-state index contributed by atoms with van der Waals surface area (Å²) in [4.78, 5) is 11.1. The van der Waals surface area contributed by atoms with Gasteiger partial charge in [0.25, 0.3) is 0 Å². The van der Waals surface area contributed by atoms with Gasteiger partial charge in [-0.05, 0) is 19.1 Å². The van der Waals surface area contributed by atoms with Crippen LogP contribution in [0.3, 0.4) is 0 Å². The molecule has 1 N–H and O–H groups in total. The molecule has 0 saturated heterocycles. The highest BCUT2D eigenvalue weighted by Gasteiger charge is 2.16. The summed E-state index contributed by atoms with van der Waals surface area (Å²) in [5.41, 5.74) is -0.413. The van der Waals surface area contributed by atoms with Gasteiger partial charge >= 0.3 is 5.97 Å². The predicted octanol–water partition coefficient (Wildman–Crippen LogP) is 1.71. The normalized spacial score (nSPS) is 9.69. The van der Waals surface area contributed by atoms with Crippen molar-refractivity contribution in [3.8, 4) is 5.75 Å². The van der Waals surface area contributed by atoms with Gasteiger partial charge < -0.3 is 9.84 Å². The van der Waals surface area contributed by atoms with Crippen LogP contribution in [0.5, 0.6) is 5.75 Å². The first-order valence-corrected chi connectivity index (χ1v) is 3.81. The van der Waals surface area contributed by atoms with E-state index >= 15 is 0 Å². The van der Waals surface area contributed by atoms with Crippen LogP contribution in [0, 0.1) is 5.82 Å². The fourth-order valence-corrected chi connectivity index (χ4v) is 0.918. The average Bonchev–Trinajstić information content (AvgIpc) is 2.04. The van der Waals surface area contributed by atoms with Gasteiger partial charge in [-0.1, -0.05) is 6.07 Å². The minimum absolute atomic E-state index is 0.145. The monoisotopic (exact) mass is 184 g/mol. The van der Waals surface area contributed by atoms with Crippen molar-refractivity contribution in [2.45, 2.75) is 6.92 Å². The van der Waals surface area contributed by atoms with Gasteiger partial charge in [0.05, 0.1) is 6.61 Å². The summed E-state index contributed by atoms with van der Waals surface area (Å²) in [6.45, 7) is 1.75. The second-order valence-corrected chi connectivity index (χ2v) is 2.35. The summed E-state index contributed by atoms with van der Waals surface area (Å²) < 4.78 is 17.5. The fraction of sp³-hybridized carbons (Fsp3) is 0.222. The van der Waals surface area contributed by atoms with Crippen molar-refractivity contribution in [3.63, 3.8) is 0 Å². The predicted molar refractivity (Wildman–Crippen MR) is 44.0 cm³/mol. The molecule has 1 rings (SSSR count). The van der Waals surface area contributed by atoms with Crippen LogP contribution >= 0.6 is 0 Å². The topological polar surface area (TPSA) is 46.5 Å². The van der Waals surface area contributed by atoms with Crippen LogP contribution in [0.4, 0.5) is 4.39 Å². The van der Waals surface area contributed by atoms with E-state index < -0.39 is 23.1 Å². The molecule has 0 aliphatic rings. The third kappa shape index (κ3) is 1.96. The molecule has 0 spiro atoms. The highest BCUT2D eigenvalue weighted by atomic mass is 19.1. The molecule has 0 radical (unpaired) electrons. The fourth-order valence-electron chi connectivity index (χ4n) is 0.918. The maximum Gasteiger partial charge on any atom is 0.344 e. The Morgan fingerprint density at radius 2 is 2.31 bits per heavy atom. The van der Waals surface area contributed by atoms with Crippen molar-refractivity contribution in [3.05, 3.63) is 29.6 Å². The van der Waals surface area contributed by atoms with E-state index in [0.717, 1.165) is 6.07 Å². The average molecular weight is 184 g/mol.